The molecule has 1 heterocycles. The van der Waals surface area contributed by atoms with Crippen LogP contribution in [-0.2, 0) is 0 Å². The highest BCUT2D eigenvalue weighted by Gasteiger charge is 2.14. The highest BCUT2D eigenvalue weighted by atomic mass is 16.4. The van der Waals surface area contributed by atoms with Gasteiger partial charge >= 0.3 is 0 Å². The number of anilines is 1. The Morgan fingerprint density at radius 1 is 1.35 bits per heavy atom. The molecule has 0 saturated carbocycles. The van der Waals surface area contributed by atoms with Crippen molar-refractivity contribution in [2.45, 2.75) is 40.5 Å². The summed E-state index contributed by atoms with van der Waals surface area (Å²) in [6.07, 6.45) is 2.32. The van der Waals surface area contributed by atoms with Crippen molar-refractivity contribution in [2.24, 2.45) is 16.8 Å². The SMILES string of the molecule is CCC(CC)CN(CC)c1cc(/C(N)=N/O)cc(C)n1. The number of oxime groups is 1. The summed E-state index contributed by atoms with van der Waals surface area (Å²) in [5.74, 6) is 1.67. The Hall–Kier alpha value is -1.78. The van der Waals surface area contributed by atoms with Gasteiger partial charge in [0.2, 0.25) is 0 Å². The van der Waals surface area contributed by atoms with E-state index in [0.717, 1.165) is 37.4 Å². The van der Waals surface area contributed by atoms with E-state index in [0.29, 0.717) is 11.5 Å². The molecule has 112 valence electrons. The van der Waals surface area contributed by atoms with Crippen LogP contribution >= 0.6 is 0 Å². The van der Waals surface area contributed by atoms with Crippen molar-refractivity contribution in [2.75, 3.05) is 18.0 Å². The minimum atomic E-state index is 0.121. The molecule has 0 unspecified atom stereocenters. The minimum Gasteiger partial charge on any atom is -0.409 e. The van der Waals surface area contributed by atoms with Crippen LogP contribution in [0.1, 0.15) is 44.9 Å². The molecule has 0 aliphatic carbocycles. The lowest BCUT2D eigenvalue weighted by Crippen LogP contribution is -2.30. The molecule has 0 bridgehead atoms. The Kier molecular flexibility index (Phi) is 6.28. The number of rotatable bonds is 7. The van der Waals surface area contributed by atoms with E-state index in [1.807, 2.05) is 19.1 Å². The van der Waals surface area contributed by atoms with Crippen LogP contribution in [0.3, 0.4) is 0 Å². The summed E-state index contributed by atoms with van der Waals surface area (Å²) < 4.78 is 0. The zero-order chi connectivity index (χ0) is 15.1. The third kappa shape index (κ3) is 4.11. The van der Waals surface area contributed by atoms with E-state index in [2.05, 4.69) is 35.8 Å². The molecule has 0 saturated heterocycles. The first-order chi connectivity index (χ1) is 9.55. The van der Waals surface area contributed by atoms with Gasteiger partial charge in [-0.2, -0.15) is 0 Å². The maximum absolute atomic E-state index is 8.82. The fourth-order valence-corrected chi connectivity index (χ4v) is 2.26. The second kappa shape index (κ2) is 7.72. The van der Waals surface area contributed by atoms with Crippen molar-refractivity contribution in [3.8, 4) is 0 Å². The van der Waals surface area contributed by atoms with E-state index in [1.165, 1.54) is 0 Å². The van der Waals surface area contributed by atoms with Crippen molar-refractivity contribution in [1.29, 1.82) is 0 Å². The van der Waals surface area contributed by atoms with E-state index >= 15 is 0 Å². The average molecular weight is 278 g/mol. The van der Waals surface area contributed by atoms with Crippen LogP contribution < -0.4 is 10.6 Å². The number of aromatic nitrogens is 1. The maximum Gasteiger partial charge on any atom is 0.170 e. The van der Waals surface area contributed by atoms with Crippen LogP contribution in [-0.4, -0.2) is 29.1 Å². The third-order valence-corrected chi connectivity index (χ3v) is 3.68. The summed E-state index contributed by atoms with van der Waals surface area (Å²) in [6, 6.07) is 3.71. The Morgan fingerprint density at radius 2 is 2.00 bits per heavy atom. The summed E-state index contributed by atoms with van der Waals surface area (Å²) >= 11 is 0. The molecule has 5 nitrogen and oxygen atoms in total. The highest BCUT2D eigenvalue weighted by Crippen LogP contribution is 2.18. The first kappa shape index (κ1) is 16.3. The van der Waals surface area contributed by atoms with E-state index in [9.17, 15) is 0 Å². The number of pyridine rings is 1. The van der Waals surface area contributed by atoms with Crippen LogP contribution in [0.2, 0.25) is 0 Å². The van der Waals surface area contributed by atoms with Gasteiger partial charge in [0.15, 0.2) is 5.84 Å². The zero-order valence-electron chi connectivity index (χ0n) is 12.9. The van der Waals surface area contributed by atoms with E-state index in [-0.39, 0.29) is 5.84 Å². The molecule has 0 fully saturated rings. The van der Waals surface area contributed by atoms with Gasteiger partial charge in [-0.05, 0) is 31.9 Å². The van der Waals surface area contributed by atoms with Crippen LogP contribution in [0, 0.1) is 12.8 Å². The molecule has 0 radical (unpaired) electrons. The molecule has 20 heavy (non-hydrogen) atoms. The van der Waals surface area contributed by atoms with E-state index in [4.69, 9.17) is 10.9 Å². The van der Waals surface area contributed by atoms with E-state index < -0.39 is 0 Å². The molecular formula is C15H26N4O. The molecule has 0 atom stereocenters. The lowest BCUT2D eigenvalue weighted by Gasteiger charge is -2.27. The van der Waals surface area contributed by atoms with Crippen LogP contribution in [0.25, 0.3) is 0 Å². The zero-order valence-corrected chi connectivity index (χ0v) is 12.9. The maximum atomic E-state index is 8.82. The van der Waals surface area contributed by atoms with E-state index in [1.54, 1.807) is 0 Å². The van der Waals surface area contributed by atoms with Crippen molar-refractivity contribution < 1.29 is 5.21 Å². The van der Waals surface area contributed by atoms with Crippen LogP contribution in [0.5, 0.6) is 0 Å². The Morgan fingerprint density at radius 3 is 2.50 bits per heavy atom. The van der Waals surface area contributed by atoms with Gasteiger partial charge in [-0.1, -0.05) is 31.8 Å². The predicted molar refractivity (Wildman–Crippen MR) is 83.4 cm³/mol. The van der Waals surface area contributed by atoms with Crippen LogP contribution in [0.15, 0.2) is 17.3 Å². The summed E-state index contributed by atoms with van der Waals surface area (Å²) in [6.45, 7) is 10.3. The first-order valence-electron chi connectivity index (χ1n) is 7.27. The van der Waals surface area contributed by atoms with Crippen LogP contribution in [0.4, 0.5) is 5.82 Å². The van der Waals surface area contributed by atoms with Crippen molar-refractivity contribution in [1.82, 2.24) is 4.98 Å². The molecular weight excluding hydrogens is 252 g/mol. The standard InChI is InChI=1S/C15H26N4O/c1-5-12(6-2)10-19(7-3)14-9-13(15(16)18-20)8-11(4)17-14/h8-9,12,20H,5-7,10H2,1-4H3,(H2,16,18). The van der Waals surface area contributed by atoms with Gasteiger partial charge in [0, 0.05) is 24.3 Å². The quantitative estimate of drug-likeness (QED) is 0.348. The molecule has 0 aliphatic rings. The molecule has 0 spiro atoms. The molecule has 1 rings (SSSR count). The monoisotopic (exact) mass is 278 g/mol. The van der Waals surface area contributed by atoms with Gasteiger partial charge in [0.25, 0.3) is 0 Å². The summed E-state index contributed by atoms with van der Waals surface area (Å²) in [5, 5.41) is 11.9. The first-order valence-corrected chi connectivity index (χ1v) is 7.27. The smallest absolute Gasteiger partial charge is 0.170 e. The summed E-state index contributed by atoms with van der Waals surface area (Å²) in [7, 11) is 0. The third-order valence-electron chi connectivity index (χ3n) is 3.68. The fraction of sp³-hybridized carbons (Fsp3) is 0.600. The lowest BCUT2D eigenvalue weighted by atomic mass is 10.0. The Balaban J connectivity index is 3.06. The molecule has 5 heteroatoms. The number of amidine groups is 1. The Bertz CT molecular complexity index is 455. The lowest BCUT2D eigenvalue weighted by molar-refractivity contribution is 0.318. The van der Waals surface area contributed by atoms with Gasteiger partial charge in [-0.15, -0.1) is 0 Å². The van der Waals surface area contributed by atoms with Gasteiger partial charge in [0.05, 0.1) is 0 Å². The van der Waals surface area contributed by atoms with Crippen molar-refractivity contribution >= 4 is 11.7 Å². The van der Waals surface area contributed by atoms with Gasteiger partial charge in [-0.3, -0.25) is 0 Å². The second-order valence-electron chi connectivity index (χ2n) is 5.06. The largest absolute Gasteiger partial charge is 0.409 e. The number of hydrogen-bond acceptors (Lipinski definition) is 4. The van der Waals surface area contributed by atoms with Crippen molar-refractivity contribution in [3.05, 3.63) is 23.4 Å². The molecule has 3 N–H and O–H groups in total. The highest BCUT2D eigenvalue weighted by molar-refractivity contribution is 5.97. The average Bonchev–Trinajstić information content (AvgIpc) is 2.47. The van der Waals surface area contributed by atoms with Gasteiger partial charge in [-0.25, -0.2) is 4.98 Å². The second-order valence-corrected chi connectivity index (χ2v) is 5.06. The summed E-state index contributed by atoms with van der Waals surface area (Å²) in [5.41, 5.74) is 7.26. The van der Waals surface area contributed by atoms with Crippen molar-refractivity contribution in [3.63, 3.8) is 0 Å². The molecule has 0 aliphatic heterocycles. The Labute approximate surface area is 121 Å². The fourth-order valence-electron chi connectivity index (χ4n) is 2.26. The normalized spacial score (nSPS) is 11.9. The van der Waals surface area contributed by atoms with Gasteiger partial charge < -0.3 is 15.8 Å². The summed E-state index contributed by atoms with van der Waals surface area (Å²) in [4.78, 5) is 6.83. The molecule has 0 aromatic carbocycles. The minimum absolute atomic E-state index is 0.121. The van der Waals surface area contributed by atoms with Gasteiger partial charge in [0.1, 0.15) is 5.82 Å². The predicted octanol–water partition coefficient (Wildman–Crippen LogP) is 2.75. The number of aryl methyl sites for hydroxylation is 1. The molecule has 1 aromatic rings. The number of nitrogens with zero attached hydrogens (tertiary/aromatic N) is 3. The number of hydrogen-bond donors (Lipinski definition) is 2. The topological polar surface area (TPSA) is 74.7 Å². The molecule has 1 aromatic heterocycles. The number of nitrogens with two attached hydrogens (primary N) is 1. The molecule has 0 amide bonds.